The highest BCUT2D eigenvalue weighted by molar-refractivity contribution is 7.93. The number of hydrogen-bond donors (Lipinski definition) is 1. The van der Waals surface area contributed by atoms with Gasteiger partial charge in [0.25, 0.3) is 10.0 Å². The van der Waals surface area contributed by atoms with Crippen LogP contribution in [0.4, 0.5) is 9.52 Å². The summed E-state index contributed by atoms with van der Waals surface area (Å²) in [5.74, 6) is -0.599. The van der Waals surface area contributed by atoms with Crippen LogP contribution in [0.1, 0.15) is 5.56 Å². The van der Waals surface area contributed by atoms with Crippen molar-refractivity contribution in [2.75, 3.05) is 4.72 Å². The number of nitrogens with zero attached hydrogens (tertiary/aromatic N) is 1. The third-order valence-corrected chi connectivity index (χ3v) is 5.27. The Kier molecular flexibility index (Phi) is 3.38. The van der Waals surface area contributed by atoms with Crippen molar-refractivity contribution in [3.8, 4) is 0 Å². The van der Waals surface area contributed by atoms with Crippen molar-refractivity contribution in [2.24, 2.45) is 0 Å². The Morgan fingerprint density at radius 3 is 2.76 bits per heavy atom. The van der Waals surface area contributed by atoms with Gasteiger partial charge in [-0.15, -0.1) is 0 Å². The van der Waals surface area contributed by atoms with Crippen LogP contribution in [0.25, 0.3) is 10.2 Å². The van der Waals surface area contributed by atoms with E-state index in [1.807, 2.05) is 25.1 Å². The second-order valence-corrected chi connectivity index (χ2v) is 7.27. The summed E-state index contributed by atoms with van der Waals surface area (Å²) in [5.41, 5.74) is 1.80. The fourth-order valence-corrected chi connectivity index (χ4v) is 4.11. The molecule has 3 rings (SSSR count). The number of halogens is 1. The highest BCUT2D eigenvalue weighted by atomic mass is 32.2. The molecular formula is C14H11FN2O2S2. The summed E-state index contributed by atoms with van der Waals surface area (Å²) in [6, 6.07) is 10.5. The minimum absolute atomic E-state index is 0.127. The van der Waals surface area contributed by atoms with E-state index in [0.29, 0.717) is 0 Å². The number of fused-ring (bicyclic) bond motifs is 1. The Morgan fingerprint density at radius 2 is 2.00 bits per heavy atom. The van der Waals surface area contributed by atoms with E-state index in [2.05, 4.69) is 9.71 Å². The van der Waals surface area contributed by atoms with Gasteiger partial charge in [0.2, 0.25) is 0 Å². The van der Waals surface area contributed by atoms with Gasteiger partial charge in [0, 0.05) is 0 Å². The van der Waals surface area contributed by atoms with E-state index >= 15 is 0 Å². The summed E-state index contributed by atoms with van der Waals surface area (Å²) in [6.07, 6.45) is 0. The Hall–Kier alpha value is -1.99. The van der Waals surface area contributed by atoms with Gasteiger partial charge in [-0.25, -0.2) is 17.8 Å². The molecule has 0 aliphatic carbocycles. The molecule has 0 spiro atoms. The van der Waals surface area contributed by atoms with Crippen LogP contribution in [0.15, 0.2) is 47.4 Å². The number of anilines is 1. The van der Waals surface area contributed by atoms with Crippen molar-refractivity contribution in [3.05, 3.63) is 53.8 Å². The van der Waals surface area contributed by atoms with Gasteiger partial charge in [0.15, 0.2) is 5.13 Å². The lowest BCUT2D eigenvalue weighted by atomic mass is 10.2. The second kappa shape index (κ2) is 5.09. The van der Waals surface area contributed by atoms with Crippen LogP contribution in [-0.2, 0) is 10.0 Å². The second-order valence-electron chi connectivity index (χ2n) is 4.55. The third kappa shape index (κ3) is 2.88. The van der Waals surface area contributed by atoms with E-state index < -0.39 is 15.8 Å². The number of benzene rings is 2. The molecule has 108 valence electrons. The Labute approximate surface area is 125 Å². The first-order valence-corrected chi connectivity index (χ1v) is 8.40. The van der Waals surface area contributed by atoms with Gasteiger partial charge in [0.1, 0.15) is 5.82 Å². The minimum Gasteiger partial charge on any atom is -0.255 e. The highest BCUT2D eigenvalue weighted by Gasteiger charge is 2.17. The molecular weight excluding hydrogens is 311 g/mol. The van der Waals surface area contributed by atoms with Crippen molar-refractivity contribution < 1.29 is 12.8 Å². The van der Waals surface area contributed by atoms with Gasteiger partial charge in [-0.2, -0.15) is 0 Å². The minimum atomic E-state index is -3.84. The molecule has 0 fully saturated rings. The maximum atomic E-state index is 13.1. The van der Waals surface area contributed by atoms with Crippen LogP contribution in [0.3, 0.4) is 0 Å². The van der Waals surface area contributed by atoms with Crippen molar-refractivity contribution in [1.82, 2.24) is 4.98 Å². The summed E-state index contributed by atoms with van der Waals surface area (Å²) < 4.78 is 40.8. The topological polar surface area (TPSA) is 59.1 Å². The number of thiazole rings is 1. The molecule has 4 nitrogen and oxygen atoms in total. The molecule has 0 aliphatic rings. The Bertz CT molecular complexity index is 920. The van der Waals surface area contributed by atoms with Gasteiger partial charge in [-0.1, -0.05) is 23.5 Å². The molecule has 0 saturated heterocycles. The Balaban J connectivity index is 1.97. The molecule has 1 aromatic heterocycles. The number of sulfonamides is 1. The predicted octanol–water partition coefficient (Wildman–Crippen LogP) is 3.54. The monoisotopic (exact) mass is 322 g/mol. The molecule has 2 aromatic carbocycles. The van der Waals surface area contributed by atoms with Crippen molar-refractivity contribution in [2.45, 2.75) is 11.8 Å². The largest absolute Gasteiger partial charge is 0.263 e. The van der Waals surface area contributed by atoms with Gasteiger partial charge in [0.05, 0.1) is 15.1 Å². The van der Waals surface area contributed by atoms with Crippen molar-refractivity contribution >= 4 is 36.7 Å². The summed E-state index contributed by atoms with van der Waals surface area (Å²) in [5, 5.41) is 0.264. The lowest BCUT2D eigenvalue weighted by Gasteiger charge is -2.04. The normalized spacial score (nSPS) is 11.7. The number of hydrogen-bond acceptors (Lipinski definition) is 4. The first-order chi connectivity index (χ1) is 9.94. The number of rotatable bonds is 3. The molecule has 0 bridgehead atoms. The van der Waals surface area contributed by atoms with Gasteiger partial charge in [-0.3, -0.25) is 4.72 Å². The quantitative estimate of drug-likeness (QED) is 0.802. The summed E-state index contributed by atoms with van der Waals surface area (Å²) in [7, 11) is -3.84. The molecule has 0 radical (unpaired) electrons. The molecule has 0 atom stereocenters. The smallest absolute Gasteiger partial charge is 0.255 e. The molecule has 0 saturated carbocycles. The predicted molar refractivity (Wildman–Crippen MR) is 81.6 cm³/mol. The van der Waals surface area contributed by atoms with E-state index in [-0.39, 0.29) is 10.0 Å². The number of nitrogens with one attached hydrogen (secondary N) is 1. The first kappa shape index (κ1) is 14.0. The molecule has 0 aliphatic heterocycles. The average Bonchev–Trinajstić information content (AvgIpc) is 2.79. The number of aromatic nitrogens is 1. The highest BCUT2D eigenvalue weighted by Crippen LogP contribution is 2.28. The van der Waals surface area contributed by atoms with Crippen LogP contribution >= 0.6 is 11.3 Å². The molecule has 7 heteroatoms. The van der Waals surface area contributed by atoms with Crippen LogP contribution in [0.5, 0.6) is 0 Å². The molecule has 1 N–H and O–H groups in total. The maximum absolute atomic E-state index is 13.1. The van der Waals surface area contributed by atoms with E-state index in [0.717, 1.165) is 21.8 Å². The van der Waals surface area contributed by atoms with Crippen LogP contribution in [0.2, 0.25) is 0 Å². The van der Waals surface area contributed by atoms with E-state index in [1.54, 1.807) is 0 Å². The van der Waals surface area contributed by atoms with Crippen LogP contribution in [0, 0.1) is 12.7 Å². The summed E-state index contributed by atoms with van der Waals surface area (Å²) in [4.78, 5) is 4.09. The zero-order valence-electron chi connectivity index (χ0n) is 11.0. The van der Waals surface area contributed by atoms with Crippen molar-refractivity contribution in [3.63, 3.8) is 0 Å². The third-order valence-electron chi connectivity index (χ3n) is 2.87. The molecule has 0 unspecified atom stereocenters. The lowest BCUT2D eigenvalue weighted by molar-refractivity contribution is 0.595. The van der Waals surface area contributed by atoms with Crippen LogP contribution < -0.4 is 4.72 Å². The average molecular weight is 322 g/mol. The molecule has 21 heavy (non-hydrogen) atoms. The summed E-state index contributed by atoms with van der Waals surface area (Å²) >= 11 is 1.24. The fourth-order valence-electron chi connectivity index (χ4n) is 1.88. The zero-order chi connectivity index (χ0) is 15.0. The lowest BCUT2D eigenvalue weighted by Crippen LogP contribution is -2.12. The van der Waals surface area contributed by atoms with Gasteiger partial charge in [-0.05, 0) is 42.8 Å². The van der Waals surface area contributed by atoms with Crippen LogP contribution in [-0.4, -0.2) is 13.4 Å². The number of aryl methyl sites for hydroxylation is 1. The standard InChI is InChI=1S/C14H11FN2O2S2/c1-9-5-6-12-13(7-9)20-14(16-12)17-21(18,19)11-4-2-3-10(15)8-11/h2-8H,1H3,(H,16,17). The van der Waals surface area contributed by atoms with Crippen molar-refractivity contribution in [1.29, 1.82) is 0 Å². The summed E-state index contributed by atoms with van der Waals surface area (Å²) in [6.45, 7) is 1.95. The molecule has 0 amide bonds. The first-order valence-electron chi connectivity index (χ1n) is 6.10. The molecule has 1 heterocycles. The SMILES string of the molecule is Cc1ccc2nc(NS(=O)(=O)c3cccc(F)c3)sc2c1. The van der Waals surface area contributed by atoms with E-state index in [4.69, 9.17) is 0 Å². The fraction of sp³-hybridized carbons (Fsp3) is 0.0714. The van der Waals surface area contributed by atoms with E-state index in [9.17, 15) is 12.8 Å². The maximum Gasteiger partial charge on any atom is 0.263 e. The Morgan fingerprint density at radius 1 is 1.19 bits per heavy atom. The van der Waals surface area contributed by atoms with E-state index in [1.165, 1.54) is 29.5 Å². The zero-order valence-corrected chi connectivity index (χ0v) is 12.6. The molecule has 3 aromatic rings. The van der Waals surface area contributed by atoms with Gasteiger partial charge < -0.3 is 0 Å². The van der Waals surface area contributed by atoms with Gasteiger partial charge >= 0.3 is 0 Å².